The van der Waals surface area contributed by atoms with Gasteiger partial charge in [0.2, 0.25) is 0 Å². The molecule has 4 nitrogen and oxygen atoms in total. The highest BCUT2D eigenvalue weighted by Crippen LogP contribution is 2.64. The molecule has 2 aromatic rings. The molecular weight excluding hydrogens is 378 g/mol. The molecule has 0 spiro atoms. The average Bonchev–Trinajstić information content (AvgIpc) is 3.27. The molecule has 0 unspecified atom stereocenters. The molecule has 25 heavy (non-hydrogen) atoms. The van der Waals surface area contributed by atoms with Gasteiger partial charge in [-0.3, -0.25) is 0 Å². The second kappa shape index (κ2) is 6.68. The first-order chi connectivity index (χ1) is 11.9. The van der Waals surface area contributed by atoms with Crippen LogP contribution in [0, 0.1) is 5.41 Å². The number of rotatable bonds is 6. The normalized spacial score (nSPS) is 25.5. The summed E-state index contributed by atoms with van der Waals surface area (Å²) in [7, 11) is -2.14. The number of hydrogen-bond acceptors (Lipinski definition) is 4. The number of ether oxygens (including phenoxy) is 1. The Bertz CT molecular complexity index is 884. The SMILES string of the molecule is COC[C@]1(C(N)=S)[C@H](c2ccccc2)[C@@H]1S(=O)(=O)c1ccc(Cl)cc1. The molecule has 0 amide bonds. The number of thiocarbonyl (C=S) groups is 1. The van der Waals surface area contributed by atoms with Crippen LogP contribution in [0.25, 0.3) is 0 Å². The summed E-state index contributed by atoms with van der Waals surface area (Å²) in [6, 6.07) is 15.6. The van der Waals surface area contributed by atoms with E-state index >= 15 is 0 Å². The lowest BCUT2D eigenvalue weighted by Crippen LogP contribution is -2.33. The van der Waals surface area contributed by atoms with Gasteiger partial charge in [0.25, 0.3) is 0 Å². The van der Waals surface area contributed by atoms with Crippen LogP contribution in [0.15, 0.2) is 59.5 Å². The first kappa shape index (κ1) is 18.3. The van der Waals surface area contributed by atoms with Crippen molar-refractivity contribution in [2.75, 3.05) is 13.7 Å². The minimum absolute atomic E-state index is 0.152. The van der Waals surface area contributed by atoms with Gasteiger partial charge in [0, 0.05) is 18.1 Å². The molecular formula is C18H18ClNO3S2. The van der Waals surface area contributed by atoms with Crippen molar-refractivity contribution < 1.29 is 13.2 Å². The van der Waals surface area contributed by atoms with Gasteiger partial charge in [-0.25, -0.2) is 8.42 Å². The first-order valence-electron chi connectivity index (χ1n) is 7.69. The summed E-state index contributed by atoms with van der Waals surface area (Å²) in [5, 5.41) is -0.284. The second-order valence-corrected chi connectivity index (χ2v) is 9.09. The zero-order valence-electron chi connectivity index (χ0n) is 13.6. The highest BCUT2D eigenvalue weighted by molar-refractivity contribution is 7.92. The minimum Gasteiger partial charge on any atom is -0.393 e. The number of sulfone groups is 1. The minimum atomic E-state index is -3.66. The van der Waals surface area contributed by atoms with Crippen molar-refractivity contribution in [1.29, 1.82) is 0 Å². The van der Waals surface area contributed by atoms with Crippen molar-refractivity contribution in [2.45, 2.75) is 16.1 Å². The predicted molar refractivity (Wildman–Crippen MR) is 103 cm³/mol. The van der Waals surface area contributed by atoms with Gasteiger partial charge in [-0.2, -0.15) is 0 Å². The Labute approximate surface area is 157 Å². The highest BCUT2D eigenvalue weighted by atomic mass is 35.5. The Balaban J connectivity index is 2.11. The first-order valence-corrected chi connectivity index (χ1v) is 10.0. The molecule has 132 valence electrons. The molecule has 2 aromatic carbocycles. The van der Waals surface area contributed by atoms with E-state index in [-0.39, 0.29) is 22.4 Å². The van der Waals surface area contributed by atoms with Crippen molar-refractivity contribution in [2.24, 2.45) is 11.1 Å². The van der Waals surface area contributed by atoms with E-state index in [4.69, 9.17) is 34.3 Å². The zero-order chi connectivity index (χ0) is 18.2. The van der Waals surface area contributed by atoms with Gasteiger partial charge in [-0.15, -0.1) is 0 Å². The molecule has 1 saturated carbocycles. The van der Waals surface area contributed by atoms with E-state index in [1.807, 2.05) is 30.3 Å². The summed E-state index contributed by atoms with van der Waals surface area (Å²) in [5.41, 5.74) is 5.97. The zero-order valence-corrected chi connectivity index (χ0v) is 15.9. The van der Waals surface area contributed by atoms with Crippen LogP contribution in [-0.4, -0.2) is 32.4 Å². The molecule has 0 aromatic heterocycles. The third-order valence-corrected chi connectivity index (χ3v) is 7.66. The quantitative estimate of drug-likeness (QED) is 0.760. The third kappa shape index (κ3) is 2.97. The molecule has 2 N–H and O–H groups in total. The number of methoxy groups -OCH3 is 1. The third-order valence-electron chi connectivity index (χ3n) is 4.73. The summed E-state index contributed by atoms with van der Waals surface area (Å²) >= 11 is 11.1. The number of hydrogen-bond donors (Lipinski definition) is 1. The topological polar surface area (TPSA) is 69.4 Å². The van der Waals surface area contributed by atoms with Gasteiger partial charge in [0.1, 0.15) is 0 Å². The van der Waals surface area contributed by atoms with Gasteiger partial charge >= 0.3 is 0 Å². The maximum Gasteiger partial charge on any atom is 0.182 e. The average molecular weight is 396 g/mol. The van der Waals surface area contributed by atoms with Crippen molar-refractivity contribution >= 4 is 38.6 Å². The smallest absolute Gasteiger partial charge is 0.182 e. The Kier molecular flexibility index (Phi) is 4.90. The van der Waals surface area contributed by atoms with Crippen molar-refractivity contribution in [3.63, 3.8) is 0 Å². The van der Waals surface area contributed by atoms with Crippen molar-refractivity contribution in [1.82, 2.24) is 0 Å². The number of nitrogens with two attached hydrogens (primary N) is 1. The summed E-state index contributed by atoms with van der Waals surface area (Å²) in [6.07, 6.45) is 0. The maximum atomic E-state index is 13.3. The van der Waals surface area contributed by atoms with Crippen molar-refractivity contribution in [3.05, 3.63) is 65.2 Å². The largest absolute Gasteiger partial charge is 0.393 e. The molecule has 1 aliphatic carbocycles. The molecule has 0 radical (unpaired) electrons. The second-order valence-electron chi connectivity index (χ2n) is 6.15. The maximum absolute atomic E-state index is 13.3. The summed E-state index contributed by atoms with van der Waals surface area (Å²) in [6.45, 7) is 0.152. The van der Waals surface area contributed by atoms with Gasteiger partial charge in [-0.05, 0) is 29.8 Å². The summed E-state index contributed by atoms with van der Waals surface area (Å²) in [5.74, 6) is -0.341. The Morgan fingerprint density at radius 1 is 1.20 bits per heavy atom. The van der Waals surface area contributed by atoms with E-state index in [0.717, 1.165) is 5.56 Å². The van der Waals surface area contributed by atoms with E-state index in [0.29, 0.717) is 5.02 Å². The van der Waals surface area contributed by atoms with E-state index < -0.39 is 20.5 Å². The van der Waals surface area contributed by atoms with Crippen LogP contribution in [0.2, 0.25) is 5.02 Å². The lowest BCUT2D eigenvalue weighted by molar-refractivity contribution is 0.166. The van der Waals surface area contributed by atoms with Crippen LogP contribution >= 0.6 is 23.8 Å². The summed E-state index contributed by atoms with van der Waals surface area (Å²) < 4.78 is 31.9. The predicted octanol–water partition coefficient (Wildman–Crippen LogP) is 3.20. The van der Waals surface area contributed by atoms with Crippen LogP contribution in [-0.2, 0) is 14.6 Å². The molecule has 1 fully saturated rings. The molecule has 0 saturated heterocycles. The van der Waals surface area contributed by atoms with E-state index in [9.17, 15) is 8.42 Å². The van der Waals surface area contributed by atoms with E-state index in [1.165, 1.54) is 19.2 Å². The fraction of sp³-hybridized carbons (Fsp3) is 0.278. The van der Waals surface area contributed by atoms with Crippen molar-refractivity contribution in [3.8, 4) is 0 Å². The van der Waals surface area contributed by atoms with Crippen LogP contribution in [0.4, 0.5) is 0 Å². The standard InChI is InChI=1S/C18H18ClNO3S2/c1-23-11-18(17(20)24)15(12-5-3-2-4-6-12)16(18)25(21,22)14-9-7-13(19)8-10-14/h2-10,15-16H,11H2,1H3,(H2,20,24)/t15-,16+,18+/m1/s1. The molecule has 0 heterocycles. The lowest BCUT2D eigenvalue weighted by Gasteiger charge is -2.16. The van der Waals surface area contributed by atoms with Gasteiger partial charge in [0.05, 0.1) is 27.2 Å². The molecule has 3 rings (SSSR count). The monoisotopic (exact) mass is 395 g/mol. The Hall–Kier alpha value is -1.47. The van der Waals surface area contributed by atoms with Crippen LogP contribution < -0.4 is 5.73 Å². The Morgan fingerprint density at radius 3 is 2.32 bits per heavy atom. The summed E-state index contributed by atoms with van der Waals surface area (Å²) in [4.78, 5) is 0.364. The van der Waals surface area contributed by atoms with Gasteiger partial charge in [0.15, 0.2) is 9.84 Å². The molecule has 1 aliphatic rings. The lowest BCUT2D eigenvalue weighted by atomic mass is 10.00. The van der Waals surface area contributed by atoms with Gasteiger partial charge < -0.3 is 10.5 Å². The molecule has 0 bridgehead atoms. The molecule has 0 aliphatic heterocycles. The molecule has 7 heteroatoms. The van der Waals surface area contributed by atoms with E-state index in [2.05, 4.69) is 0 Å². The van der Waals surface area contributed by atoms with Gasteiger partial charge in [-0.1, -0.05) is 54.2 Å². The fourth-order valence-corrected chi connectivity index (χ4v) is 6.44. The highest BCUT2D eigenvalue weighted by Gasteiger charge is 2.73. The van der Waals surface area contributed by atoms with Crippen LogP contribution in [0.5, 0.6) is 0 Å². The number of halogens is 1. The molecule has 3 atom stereocenters. The fourth-order valence-electron chi connectivity index (χ4n) is 3.54. The number of benzene rings is 2. The van der Waals surface area contributed by atoms with Crippen LogP contribution in [0.3, 0.4) is 0 Å². The van der Waals surface area contributed by atoms with Crippen LogP contribution in [0.1, 0.15) is 11.5 Å². The van der Waals surface area contributed by atoms with E-state index in [1.54, 1.807) is 12.1 Å². The Morgan fingerprint density at radius 2 is 1.80 bits per heavy atom.